The van der Waals surface area contributed by atoms with Crippen LogP contribution in [-0.4, -0.2) is 68.6 Å². The first-order valence-corrected chi connectivity index (χ1v) is 16.1. The number of carbonyl (C=O) groups is 3. The Bertz CT molecular complexity index is 2220. The van der Waals surface area contributed by atoms with Crippen LogP contribution in [0, 0.1) is 11.3 Å². The van der Waals surface area contributed by atoms with Gasteiger partial charge >= 0.3 is 36.3 Å². The predicted octanol–water partition coefficient (Wildman–Crippen LogP) is 8.97. The zero-order valence-corrected chi connectivity index (χ0v) is 29.0. The quantitative estimate of drug-likeness (QED) is 0.0899. The van der Waals surface area contributed by atoms with Crippen LogP contribution in [0.4, 0.5) is 43.9 Å². The van der Waals surface area contributed by atoms with Crippen molar-refractivity contribution in [2.24, 2.45) is 0 Å². The third-order valence-electron chi connectivity index (χ3n) is 8.37. The first-order chi connectivity index (χ1) is 25.9. The number of ether oxygens (including phenoxy) is 2. The highest BCUT2D eigenvalue weighted by molar-refractivity contribution is 6.34. The summed E-state index contributed by atoms with van der Waals surface area (Å²) in [6.07, 6.45) is -17.2. The molecule has 0 unspecified atom stereocenters. The van der Waals surface area contributed by atoms with Crippen LogP contribution < -0.4 is 4.74 Å². The van der Waals surface area contributed by atoms with Crippen LogP contribution in [0.25, 0.3) is 16.8 Å². The summed E-state index contributed by atoms with van der Waals surface area (Å²) < 4.78 is 145. The summed E-state index contributed by atoms with van der Waals surface area (Å²) in [6.45, 7) is -0.726. The fourth-order valence-corrected chi connectivity index (χ4v) is 5.85. The number of carboxylic acid groups (broad SMARTS) is 1. The van der Waals surface area contributed by atoms with Crippen molar-refractivity contribution in [3.8, 4) is 28.6 Å². The molecule has 1 heterocycles. The van der Waals surface area contributed by atoms with E-state index in [9.17, 15) is 63.5 Å². The number of aromatic nitrogens is 2. The molecule has 1 aromatic heterocycles. The summed E-state index contributed by atoms with van der Waals surface area (Å²) in [4.78, 5) is 38.5. The molecule has 22 heteroatoms. The van der Waals surface area contributed by atoms with Gasteiger partial charge in [-0.2, -0.15) is 36.7 Å². The van der Waals surface area contributed by atoms with E-state index < -0.39 is 82.6 Å². The molecule has 1 aliphatic rings. The molecule has 10 nitrogen and oxygen atoms in total. The number of carboxylic acids is 1. The molecular weight excluding hydrogens is 821 g/mol. The summed E-state index contributed by atoms with van der Waals surface area (Å²) in [6, 6.07) is 10.3. The smallest absolute Gasteiger partial charge is 0.478 e. The Morgan fingerprint density at radius 3 is 2.05 bits per heavy atom. The van der Waals surface area contributed by atoms with Crippen molar-refractivity contribution in [3.63, 3.8) is 0 Å². The number of alkyl halides is 10. The molecule has 1 amide bonds. The highest BCUT2D eigenvalue weighted by atomic mass is 35.5. The number of halogens is 12. The standard InChI is InChI=1S/C34H20Cl2F10N4O6/c35-23-6-5-19(10-22(23)28(52)49(30(15-47)7-8-30)16-55-26(51)9-17-1-3-18(4-2-17)29(53)54)20-13-48-50(14-20)27-24(36)11-21(12-25(27)56-34(44,45)46)31(37,32(38,39)40)33(41,42)43/h1-6,10-14H,7-9,16H2,(H,53,54). The van der Waals surface area contributed by atoms with Crippen LogP contribution in [-0.2, 0) is 21.6 Å². The molecule has 5 rings (SSSR count). The maximum absolute atomic E-state index is 14.8. The van der Waals surface area contributed by atoms with Gasteiger partial charge in [0.05, 0.1) is 39.9 Å². The van der Waals surface area contributed by atoms with Gasteiger partial charge in [-0.15, -0.1) is 13.2 Å². The average Bonchev–Trinajstić information content (AvgIpc) is 3.73. The van der Waals surface area contributed by atoms with Crippen molar-refractivity contribution in [1.82, 2.24) is 14.7 Å². The fourth-order valence-electron chi connectivity index (χ4n) is 5.35. The lowest BCUT2D eigenvalue weighted by Gasteiger charge is -2.31. The zero-order chi connectivity index (χ0) is 41.6. The van der Waals surface area contributed by atoms with Crippen LogP contribution in [0.3, 0.4) is 0 Å². The number of nitrogens with zero attached hydrogens (tertiary/aromatic N) is 4. The molecule has 1 aliphatic carbocycles. The Morgan fingerprint density at radius 1 is 0.893 bits per heavy atom. The van der Waals surface area contributed by atoms with E-state index in [2.05, 4.69) is 9.84 Å². The highest BCUT2D eigenvalue weighted by Gasteiger charge is 2.73. The second-order valence-electron chi connectivity index (χ2n) is 12.1. The summed E-state index contributed by atoms with van der Waals surface area (Å²) in [5.41, 5.74) is -10.9. The minimum atomic E-state index is -6.70. The monoisotopic (exact) mass is 840 g/mol. The maximum atomic E-state index is 14.8. The number of carbonyl (C=O) groups excluding carboxylic acids is 2. The third kappa shape index (κ3) is 8.33. The number of esters is 1. The third-order valence-corrected chi connectivity index (χ3v) is 8.99. The number of rotatable bonds is 11. The molecule has 3 aromatic carbocycles. The summed E-state index contributed by atoms with van der Waals surface area (Å²) in [5, 5.41) is 21.2. The Labute approximate surface area is 317 Å². The summed E-state index contributed by atoms with van der Waals surface area (Å²) in [7, 11) is 0. The molecule has 0 radical (unpaired) electrons. The molecule has 1 saturated carbocycles. The summed E-state index contributed by atoms with van der Waals surface area (Å²) >= 11 is 12.2. The fraction of sp³-hybridized carbons (Fsp3) is 0.265. The van der Waals surface area contributed by atoms with Gasteiger partial charge in [-0.25, -0.2) is 13.9 Å². The van der Waals surface area contributed by atoms with Crippen LogP contribution in [0.5, 0.6) is 5.75 Å². The first-order valence-electron chi connectivity index (χ1n) is 15.4. The molecule has 56 heavy (non-hydrogen) atoms. The van der Waals surface area contributed by atoms with Crippen molar-refractivity contribution in [3.05, 3.63) is 99.3 Å². The van der Waals surface area contributed by atoms with Crippen LogP contribution >= 0.6 is 23.2 Å². The Balaban J connectivity index is 1.46. The molecule has 0 saturated heterocycles. The highest BCUT2D eigenvalue weighted by Crippen LogP contribution is 2.55. The van der Waals surface area contributed by atoms with Gasteiger partial charge in [-0.3, -0.25) is 14.5 Å². The Hall–Kier alpha value is -5.55. The van der Waals surface area contributed by atoms with E-state index in [1.54, 1.807) is 0 Å². The lowest BCUT2D eigenvalue weighted by molar-refractivity contribution is -0.348. The average molecular weight is 841 g/mol. The topological polar surface area (TPSA) is 135 Å². The van der Waals surface area contributed by atoms with Gasteiger partial charge in [0.25, 0.3) is 5.91 Å². The predicted molar refractivity (Wildman–Crippen MR) is 172 cm³/mol. The van der Waals surface area contributed by atoms with E-state index in [0.717, 1.165) is 23.4 Å². The number of benzene rings is 3. The lowest BCUT2D eigenvalue weighted by Crippen LogP contribution is -2.50. The van der Waals surface area contributed by atoms with Crippen LogP contribution in [0.1, 0.15) is 44.7 Å². The maximum Gasteiger partial charge on any atom is 0.573 e. The van der Waals surface area contributed by atoms with E-state index in [1.165, 1.54) is 36.4 Å². The van der Waals surface area contributed by atoms with Crippen molar-refractivity contribution in [2.45, 2.75) is 49.2 Å². The minimum absolute atomic E-state index is 0.0313. The van der Waals surface area contributed by atoms with Gasteiger partial charge in [0.15, 0.2) is 12.5 Å². The van der Waals surface area contributed by atoms with Gasteiger partial charge < -0.3 is 14.6 Å². The van der Waals surface area contributed by atoms with Gasteiger partial charge in [0.1, 0.15) is 11.2 Å². The molecule has 0 spiro atoms. The molecule has 4 aromatic rings. The molecule has 1 fully saturated rings. The van der Waals surface area contributed by atoms with Gasteiger partial charge in [-0.05, 0) is 60.4 Å². The molecule has 0 aliphatic heterocycles. The van der Waals surface area contributed by atoms with E-state index in [0.29, 0.717) is 10.2 Å². The lowest BCUT2D eigenvalue weighted by atomic mass is 9.93. The van der Waals surface area contributed by atoms with Gasteiger partial charge in [0, 0.05) is 17.3 Å². The van der Waals surface area contributed by atoms with Gasteiger partial charge in [-0.1, -0.05) is 41.4 Å². The van der Waals surface area contributed by atoms with Crippen molar-refractivity contribution in [1.29, 1.82) is 5.26 Å². The van der Waals surface area contributed by atoms with Crippen molar-refractivity contribution >= 4 is 41.0 Å². The second kappa shape index (κ2) is 14.8. The Kier molecular flexibility index (Phi) is 11.0. The molecule has 0 bridgehead atoms. The number of amides is 1. The first kappa shape index (κ1) is 41.6. The largest absolute Gasteiger partial charge is 0.573 e. The number of nitriles is 1. The van der Waals surface area contributed by atoms with Crippen LogP contribution in [0.15, 0.2) is 67.0 Å². The number of hydrogen-bond donors (Lipinski definition) is 1. The van der Waals surface area contributed by atoms with Crippen molar-refractivity contribution in [2.75, 3.05) is 6.73 Å². The molecule has 1 N–H and O–H groups in total. The summed E-state index contributed by atoms with van der Waals surface area (Å²) in [5.74, 6) is -4.73. The SMILES string of the molecule is N#CC1(N(COC(=O)Cc2ccc(C(=O)O)cc2)C(=O)c2cc(-c3cnn(-c4c(Cl)cc(C(F)(C(F)(F)F)C(F)(F)F)cc4OC(F)(F)F)c3)ccc2Cl)CC1. The van der Waals surface area contributed by atoms with E-state index in [4.69, 9.17) is 33.0 Å². The number of aromatic carboxylic acids is 1. The Morgan fingerprint density at radius 2 is 1.52 bits per heavy atom. The van der Waals surface area contributed by atoms with E-state index in [1.807, 2.05) is 6.07 Å². The van der Waals surface area contributed by atoms with Crippen LogP contribution in [0.2, 0.25) is 10.0 Å². The van der Waals surface area contributed by atoms with E-state index >= 15 is 0 Å². The molecular formula is C34H20Cl2F10N4O6. The van der Waals surface area contributed by atoms with Crippen molar-refractivity contribution < 1.29 is 72.9 Å². The van der Waals surface area contributed by atoms with Gasteiger partial charge in [0.2, 0.25) is 0 Å². The molecule has 0 atom stereocenters. The van der Waals surface area contributed by atoms with E-state index in [-0.39, 0.29) is 52.6 Å². The number of hydrogen-bond acceptors (Lipinski definition) is 7. The minimum Gasteiger partial charge on any atom is -0.478 e. The zero-order valence-electron chi connectivity index (χ0n) is 27.5. The molecule has 296 valence electrons. The normalized spacial score (nSPS) is 14.1. The second-order valence-corrected chi connectivity index (χ2v) is 12.9.